The molecule has 0 aromatic rings. The summed E-state index contributed by atoms with van der Waals surface area (Å²) in [7, 11) is 0. The third-order valence-corrected chi connectivity index (χ3v) is 1.79. The minimum Gasteiger partial charge on any atom is -0.376 e. The first kappa shape index (κ1) is 8.58. The van der Waals surface area contributed by atoms with Crippen molar-refractivity contribution in [1.82, 2.24) is 0 Å². The van der Waals surface area contributed by atoms with Crippen molar-refractivity contribution < 1.29 is 9.57 Å². The molecule has 0 radical (unpaired) electrons. The summed E-state index contributed by atoms with van der Waals surface area (Å²) in [5.74, 6) is 5.00. The number of nitrogens with zero attached hydrogens (tertiary/aromatic N) is 1. The van der Waals surface area contributed by atoms with Gasteiger partial charge in [0.2, 0.25) is 0 Å². The monoisotopic (exact) mass is 160 g/mol. The molecular formula is C6H12N2O3. The number of hydrogen-bond acceptors (Lipinski definition) is 5. The van der Waals surface area contributed by atoms with E-state index in [1.54, 1.807) is 0 Å². The second-order valence-electron chi connectivity index (χ2n) is 2.59. The molecule has 1 fully saturated rings. The van der Waals surface area contributed by atoms with E-state index in [-0.39, 0.29) is 18.8 Å². The van der Waals surface area contributed by atoms with Gasteiger partial charge >= 0.3 is 0 Å². The maximum Gasteiger partial charge on any atom is 0.107 e. The summed E-state index contributed by atoms with van der Waals surface area (Å²) in [6.45, 7) is 0.794. The molecule has 1 aliphatic rings. The van der Waals surface area contributed by atoms with Crippen LogP contribution in [0.2, 0.25) is 0 Å². The summed E-state index contributed by atoms with van der Waals surface area (Å²) in [5.41, 5.74) is 0. The van der Waals surface area contributed by atoms with Gasteiger partial charge in [0.25, 0.3) is 0 Å². The van der Waals surface area contributed by atoms with Crippen LogP contribution in [-0.2, 0) is 9.57 Å². The molecule has 0 bridgehead atoms. The Bertz CT molecular complexity index is 131. The van der Waals surface area contributed by atoms with Gasteiger partial charge in [0.1, 0.15) is 6.54 Å². The minimum atomic E-state index is -0.102. The predicted octanol–water partition coefficient (Wildman–Crippen LogP) is 0.191. The molecule has 1 saturated heterocycles. The van der Waals surface area contributed by atoms with Crippen LogP contribution in [0.5, 0.6) is 0 Å². The molecule has 0 amide bonds. The predicted molar refractivity (Wildman–Crippen MR) is 38.7 cm³/mol. The molecule has 0 unspecified atom stereocenters. The van der Waals surface area contributed by atoms with E-state index in [0.717, 1.165) is 6.42 Å². The zero-order valence-electron chi connectivity index (χ0n) is 6.23. The van der Waals surface area contributed by atoms with Crippen LogP contribution in [0.4, 0.5) is 0 Å². The zero-order valence-corrected chi connectivity index (χ0v) is 6.23. The van der Waals surface area contributed by atoms with Gasteiger partial charge in [-0.05, 0) is 6.42 Å². The second-order valence-corrected chi connectivity index (χ2v) is 2.59. The molecule has 2 atom stereocenters. The lowest BCUT2D eigenvalue weighted by Crippen LogP contribution is -2.33. The van der Waals surface area contributed by atoms with Crippen molar-refractivity contribution in [2.75, 3.05) is 13.2 Å². The fourth-order valence-electron chi connectivity index (χ4n) is 1.18. The van der Waals surface area contributed by atoms with Crippen molar-refractivity contribution in [3.05, 3.63) is 4.91 Å². The van der Waals surface area contributed by atoms with Gasteiger partial charge in [-0.2, -0.15) is 4.91 Å². The third kappa shape index (κ3) is 2.53. The molecule has 0 aliphatic carbocycles. The van der Waals surface area contributed by atoms with Crippen LogP contribution in [0.1, 0.15) is 12.8 Å². The Labute approximate surface area is 64.8 Å². The zero-order chi connectivity index (χ0) is 8.10. The average Bonchev–Trinajstić information content (AvgIpc) is 2.06. The number of hydrogen-bond donors (Lipinski definition) is 1. The van der Waals surface area contributed by atoms with Crippen molar-refractivity contribution in [2.24, 2.45) is 11.1 Å². The first-order valence-electron chi connectivity index (χ1n) is 3.63. The van der Waals surface area contributed by atoms with E-state index in [0.29, 0.717) is 13.0 Å². The summed E-state index contributed by atoms with van der Waals surface area (Å²) >= 11 is 0. The van der Waals surface area contributed by atoms with Crippen LogP contribution >= 0.6 is 0 Å². The highest BCUT2D eigenvalue weighted by atomic mass is 16.6. The average molecular weight is 160 g/mol. The van der Waals surface area contributed by atoms with Gasteiger partial charge < -0.3 is 9.57 Å². The summed E-state index contributed by atoms with van der Waals surface area (Å²) in [5, 5.41) is 2.76. The summed E-state index contributed by atoms with van der Waals surface area (Å²) < 4.78 is 5.22. The molecule has 0 saturated carbocycles. The van der Waals surface area contributed by atoms with Gasteiger partial charge in [-0.15, -0.1) is 0 Å². The Morgan fingerprint density at radius 3 is 3.18 bits per heavy atom. The summed E-state index contributed by atoms with van der Waals surface area (Å²) in [6, 6.07) is 0. The molecule has 2 N–H and O–H groups in total. The quantitative estimate of drug-likeness (QED) is 0.472. The molecule has 5 nitrogen and oxygen atoms in total. The van der Waals surface area contributed by atoms with Crippen molar-refractivity contribution in [1.29, 1.82) is 0 Å². The number of ether oxygens (including phenoxy) is 1. The van der Waals surface area contributed by atoms with Gasteiger partial charge in [-0.25, -0.2) is 5.90 Å². The lowest BCUT2D eigenvalue weighted by molar-refractivity contribution is -0.0699. The summed E-state index contributed by atoms with van der Waals surface area (Å²) in [6.07, 6.45) is 1.39. The van der Waals surface area contributed by atoms with Crippen LogP contribution in [0.3, 0.4) is 0 Å². The van der Waals surface area contributed by atoms with Crippen LogP contribution in [0.15, 0.2) is 5.18 Å². The molecule has 0 aromatic carbocycles. The molecule has 0 spiro atoms. The van der Waals surface area contributed by atoms with Gasteiger partial charge in [-0.3, -0.25) is 0 Å². The second kappa shape index (κ2) is 4.38. The van der Waals surface area contributed by atoms with E-state index in [2.05, 4.69) is 10.0 Å². The maximum atomic E-state index is 9.87. The lowest BCUT2D eigenvalue weighted by atomic mass is 10.1. The fourth-order valence-corrected chi connectivity index (χ4v) is 1.18. The number of nitroso groups, excluding NO2 is 1. The number of rotatable bonds is 3. The highest BCUT2D eigenvalue weighted by molar-refractivity contribution is 4.72. The SMILES string of the molecule is NO[C@@H]1CCO[C@H](CN=O)C1. The molecule has 1 heterocycles. The largest absolute Gasteiger partial charge is 0.376 e. The van der Waals surface area contributed by atoms with Gasteiger partial charge in [0.05, 0.1) is 12.2 Å². The van der Waals surface area contributed by atoms with Crippen LogP contribution in [0.25, 0.3) is 0 Å². The third-order valence-electron chi connectivity index (χ3n) is 1.79. The standard InChI is InChI=1S/C6H12N2O3/c7-11-5-1-2-10-6(3-5)4-8-9/h5-6H,1-4,7H2/t5-,6+/m1/s1. The smallest absolute Gasteiger partial charge is 0.107 e. The highest BCUT2D eigenvalue weighted by Crippen LogP contribution is 2.15. The normalized spacial score (nSPS) is 31.7. The van der Waals surface area contributed by atoms with E-state index >= 15 is 0 Å². The van der Waals surface area contributed by atoms with Crippen LogP contribution in [0, 0.1) is 4.91 Å². The minimum absolute atomic E-state index is 0.0236. The molecule has 1 rings (SSSR count). The molecule has 1 aliphatic heterocycles. The van der Waals surface area contributed by atoms with Gasteiger partial charge in [0, 0.05) is 13.0 Å². The van der Waals surface area contributed by atoms with Crippen molar-refractivity contribution in [2.45, 2.75) is 25.0 Å². The lowest BCUT2D eigenvalue weighted by Gasteiger charge is -2.26. The van der Waals surface area contributed by atoms with Crippen molar-refractivity contribution in [3.8, 4) is 0 Å². The Hall–Kier alpha value is -0.520. The van der Waals surface area contributed by atoms with Crippen molar-refractivity contribution in [3.63, 3.8) is 0 Å². The van der Waals surface area contributed by atoms with E-state index < -0.39 is 0 Å². The van der Waals surface area contributed by atoms with Crippen LogP contribution < -0.4 is 5.90 Å². The van der Waals surface area contributed by atoms with E-state index in [1.807, 2.05) is 0 Å². The maximum absolute atomic E-state index is 9.87. The highest BCUT2D eigenvalue weighted by Gasteiger charge is 2.22. The molecule has 11 heavy (non-hydrogen) atoms. The first-order valence-corrected chi connectivity index (χ1v) is 3.63. The Morgan fingerprint density at radius 2 is 2.55 bits per heavy atom. The number of nitrogens with two attached hydrogens (primary N) is 1. The van der Waals surface area contributed by atoms with E-state index in [9.17, 15) is 4.91 Å². The van der Waals surface area contributed by atoms with Gasteiger partial charge in [-0.1, -0.05) is 5.18 Å². The van der Waals surface area contributed by atoms with E-state index in [4.69, 9.17) is 10.6 Å². The molecule has 5 heteroatoms. The molecule has 0 aromatic heterocycles. The Morgan fingerprint density at radius 1 is 1.73 bits per heavy atom. The van der Waals surface area contributed by atoms with Crippen molar-refractivity contribution >= 4 is 0 Å². The Balaban J connectivity index is 2.27. The van der Waals surface area contributed by atoms with Crippen LogP contribution in [-0.4, -0.2) is 25.4 Å². The summed E-state index contributed by atoms with van der Waals surface area (Å²) in [4.78, 5) is 14.5. The molecular weight excluding hydrogens is 148 g/mol. The fraction of sp³-hybridized carbons (Fsp3) is 1.00. The van der Waals surface area contributed by atoms with E-state index in [1.165, 1.54) is 0 Å². The molecule has 64 valence electrons. The first-order chi connectivity index (χ1) is 5.36. The topological polar surface area (TPSA) is 73.9 Å². The van der Waals surface area contributed by atoms with Gasteiger partial charge in [0.15, 0.2) is 0 Å². The Kier molecular flexibility index (Phi) is 3.41.